The molecule has 0 aliphatic carbocycles. The second-order valence-corrected chi connectivity index (χ2v) is 2.96. The van der Waals surface area contributed by atoms with Crippen LogP contribution >= 0.6 is 0 Å². The maximum atomic E-state index is 4.30. The smallest absolute Gasteiger partial charge is 0.113 e. The van der Waals surface area contributed by atoms with Gasteiger partial charge in [-0.2, -0.15) is 0 Å². The topological polar surface area (TPSA) is 49.3 Å². The lowest BCUT2D eigenvalue weighted by Gasteiger charge is -2.16. The molecule has 1 aliphatic heterocycles. The van der Waals surface area contributed by atoms with E-state index in [0.717, 1.165) is 11.4 Å². The summed E-state index contributed by atoms with van der Waals surface area (Å²) in [6, 6.07) is 5.77. The fourth-order valence-electron chi connectivity index (χ4n) is 1.22. The Kier molecular flexibility index (Phi) is 2.55. The zero-order chi connectivity index (χ0) is 9.80. The minimum Gasteiger partial charge on any atom is -0.369 e. The average Bonchev–Trinajstić information content (AvgIpc) is 2.30. The zero-order valence-corrected chi connectivity index (χ0v) is 7.94. The van der Waals surface area contributed by atoms with Gasteiger partial charge in [0.25, 0.3) is 0 Å². The van der Waals surface area contributed by atoms with Crippen LogP contribution in [0.3, 0.4) is 0 Å². The molecule has 0 fully saturated rings. The highest BCUT2D eigenvalue weighted by molar-refractivity contribution is 5.77. The molecule has 0 saturated carbocycles. The number of nitrogens with one attached hydrogen (secondary N) is 2. The molecule has 14 heavy (non-hydrogen) atoms. The van der Waals surface area contributed by atoms with Crippen molar-refractivity contribution in [2.24, 2.45) is 4.99 Å². The van der Waals surface area contributed by atoms with Gasteiger partial charge in [0.15, 0.2) is 0 Å². The van der Waals surface area contributed by atoms with E-state index in [1.807, 2.05) is 37.7 Å². The number of pyridine rings is 1. The molecule has 0 spiro atoms. The summed E-state index contributed by atoms with van der Waals surface area (Å²) in [4.78, 5) is 8.51. The van der Waals surface area contributed by atoms with Crippen molar-refractivity contribution in [3.63, 3.8) is 0 Å². The predicted molar refractivity (Wildman–Crippen MR) is 56.7 cm³/mol. The lowest BCUT2D eigenvalue weighted by atomic mass is 10.2. The van der Waals surface area contributed by atoms with Gasteiger partial charge >= 0.3 is 0 Å². The van der Waals surface area contributed by atoms with Crippen LogP contribution in [-0.2, 0) is 0 Å². The molecule has 1 unspecified atom stereocenters. The summed E-state index contributed by atoms with van der Waals surface area (Å²) in [6.07, 6.45) is 5.56. The minimum absolute atomic E-state index is 0.113. The molecule has 2 rings (SSSR count). The van der Waals surface area contributed by atoms with Crippen LogP contribution in [0.1, 0.15) is 5.69 Å². The molecule has 0 bridgehead atoms. The Labute approximate surface area is 82.8 Å². The van der Waals surface area contributed by atoms with Crippen LogP contribution in [0.15, 0.2) is 35.6 Å². The van der Waals surface area contributed by atoms with Gasteiger partial charge < -0.3 is 5.32 Å². The summed E-state index contributed by atoms with van der Waals surface area (Å²) in [7, 11) is 1.88. The third-order valence-electron chi connectivity index (χ3n) is 2.00. The molecule has 4 heteroatoms. The highest BCUT2D eigenvalue weighted by Gasteiger charge is 2.07. The molecule has 1 aromatic rings. The zero-order valence-electron chi connectivity index (χ0n) is 7.94. The van der Waals surface area contributed by atoms with E-state index in [-0.39, 0.29) is 6.17 Å². The highest BCUT2D eigenvalue weighted by atomic mass is 15.1. The molecular formula is C10H12N4. The molecule has 72 valence electrons. The first-order chi connectivity index (χ1) is 6.90. The quantitative estimate of drug-likeness (QED) is 0.714. The highest BCUT2D eigenvalue weighted by Crippen LogP contribution is 2.12. The number of hydrogen-bond donors (Lipinski definition) is 2. The summed E-state index contributed by atoms with van der Waals surface area (Å²) in [5.41, 5.74) is 1.74. The monoisotopic (exact) mass is 188 g/mol. The molecule has 0 radical (unpaired) electrons. The van der Waals surface area contributed by atoms with E-state index >= 15 is 0 Å². The molecule has 1 aliphatic rings. The van der Waals surface area contributed by atoms with Crippen molar-refractivity contribution < 1.29 is 0 Å². The second-order valence-electron chi connectivity index (χ2n) is 2.96. The van der Waals surface area contributed by atoms with Gasteiger partial charge in [0, 0.05) is 18.6 Å². The first kappa shape index (κ1) is 8.90. The van der Waals surface area contributed by atoms with Crippen LogP contribution in [0, 0.1) is 0 Å². The van der Waals surface area contributed by atoms with E-state index in [2.05, 4.69) is 20.6 Å². The summed E-state index contributed by atoms with van der Waals surface area (Å²) < 4.78 is 0. The van der Waals surface area contributed by atoms with E-state index in [0.29, 0.717) is 0 Å². The standard InChI is InChI=1S/C10H12N4/c1-11-10-7-13-9(6-14-10)8-4-2-3-5-12-8/h2-7,10-11,14H,1H3. The lowest BCUT2D eigenvalue weighted by Crippen LogP contribution is -2.40. The van der Waals surface area contributed by atoms with Crippen LogP contribution in [0.4, 0.5) is 0 Å². The lowest BCUT2D eigenvalue weighted by molar-refractivity contribution is 0.647. The number of nitrogens with zero attached hydrogens (tertiary/aromatic N) is 2. The van der Waals surface area contributed by atoms with Crippen molar-refractivity contribution in [1.29, 1.82) is 0 Å². The Morgan fingerprint density at radius 1 is 1.43 bits per heavy atom. The van der Waals surface area contributed by atoms with Crippen molar-refractivity contribution in [2.45, 2.75) is 6.17 Å². The molecule has 0 amide bonds. The minimum atomic E-state index is 0.113. The van der Waals surface area contributed by atoms with Crippen molar-refractivity contribution in [3.8, 4) is 0 Å². The first-order valence-electron chi connectivity index (χ1n) is 4.49. The average molecular weight is 188 g/mol. The Balaban J connectivity index is 2.16. The van der Waals surface area contributed by atoms with Crippen molar-refractivity contribution in [3.05, 3.63) is 36.3 Å². The van der Waals surface area contributed by atoms with Gasteiger partial charge in [-0.1, -0.05) is 6.07 Å². The Morgan fingerprint density at radius 3 is 2.93 bits per heavy atom. The van der Waals surface area contributed by atoms with Crippen LogP contribution < -0.4 is 10.6 Å². The number of aliphatic imine (C=N–C) groups is 1. The van der Waals surface area contributed by atoms with Crippen LogP contribution in [0.5, 0.6) is 0 Å². The van der Waals surface area contributed by atoms with Gasteiger partial charge in [-0.15, -0.1) is 0 Å². The van der Waals surface area contributed by atoms with Crippen LogP contribution in [0.25, 0.3) is 5.70 Å². The molecule has 1 atom stereocenters. The van der Waals surface area contributed by atoms with Crippen molar-refractivity contribution >= 4 is 11.9 Å². The molecule has 2 heterocycles. The molecular weight excluding hydrogens is 176 g/mol. The fraction of sp³-hybridized carbons (Fsp3) is 0.200. The first-order valence-corrected chi connectivity index (χ1v) is 4.49. The molecule has 1 aromatic heterocycles. The maximum Gasteiger partial charge on any atom is 0.113 e. The van der Waals surface area contributed by atoms with Gasteiger partial charge in [0.2, 0.25) is 0 Å². The number of aromatic nitrogens is 1. The third-order valence-corrected chi connectivity index (χ3v) is 2.00. The normalized spacial score (nSPS) is 20.1. The van der Waals surface area contributed by atoms with Crippen LogP contribution in [0.2, 0.25) is 0 Å². The summed E-state index contributed by atoms with van der Waals surface area (Å²) in [6.45, 7) is 0. The van der Waals surface area contributed by atoms with Gasteiger partial charge in [0.05, 0.1) is 5.69 Å². The Hall–Kier alpha value is -1.68. The number of hydrogen-bond acceptors (Lipinski definition) is 4. The maximum absolute atomic E-state index is 4.30. The molecule has 0 saturated heterocycles. The summed E-state index contributed by atoms with van der Waals surface area (Å²) in [5, 5.41) is 6.21. The molecule has 2 N–H and O–H groups in total. The summed E-state index contributed by atoms with van der Waals surface area (Å²) >= 11 is 0. The van der Waals surface area contributed by atoms with E-state index in [1.165, 1.54) is 0 Å². The SMILES string of the molecule is CNC1C=NC(c2ccccn2)=CN1. The van der Waals surface area contributed by atoms with Gasteiger partial charge in [-0.25, -0.2) is 0 Å². The van der Waals surface area contributed by atoms with E-state index in [1.54, 1.807) is 6.20 Å². The van der Waals surface area contributed by atoms with Gasteiger partial charge in [0.1, 0.15) is 11.9 Å². The number of rotatable bonds is 2. The largest absolute Gasteiger partial charge is 0.369 e. The Bertz CT molecular complexity index is 356. The fourth-order valence-corrected chi connectivity index (χ4v) is 1.22. The van der Waals surface area contributed by atoms with E-state index in [4.69, 9.17) is 0 Å². The van der Waals surface area contributed by atoms with Gasteiger partial charge in [-0.3, -0.25) is 15.3 Å². The van der Waals surface area contributed by atoms with Gasteiger partial charge in [-0.05, 0) is 19.2 Å². The third kappa shape index (κ3) is 1.80. The predicted octanol–water partition coefficient (Wildman–Crippen LogP) is 0.600. The molecule has 0 aromatic carbocycles. The molecule has 4 nitrogen and oxygen atoms in total. The second kappa shape index (κ2) is 4.02. The Morgan fingerprint density at radius 2 is 2.36 bits per heavy atom. The van der Waals surface area contributed by atoms with Crippen LogP contribution in [-0.4, -0.2) is 24.4 Å². The van der Waals surface area contributed by atoms with E-state index < -0.39 is 0 Å². The van der Waals surface area contributed by atoms with E-state index in [9.17, 15) is 0 Å². The van der Waals surface area contributed by atoms with Crippen molar-refractivity contribution in [1.82, 2.24) is 15.6 Å². The summed E-state index contributed by atoms with van der Waals surface area (Å²) in [5.74, 6) is 0. The van der Waals surface area contributed by atoms with Crippen molar-refractivity contribution in [2.75, 3.05) is 7.05 Å².